The Kier molecular flexibility index (Phi) is 5.65. The van der Waals surface area contributed by atoms with Crippen molar-refractivity contribution in [3.8, 4) is 0 Å². The van der Waals surface area contributed by atoms with Crippen molar-refractivity contribution < 1.29 is 12.8 Å². The molecule has 1 aliphatic rings. The molecule has 1 aromatic heterocycles. The van der Waals surface area contributed by atoms with Gasteiger partial charge in [0, 0.05) is 24.5 Å². The van der Waals surface area contributed by atoms with Gasteiger partial charge in [0.25, 0.3) is 0 Å². The fourth-order valence-corrected chi connectivity index (χ4v) is 4.96. The maximum absolute atomic E-state index is 13.3. The zero-order valence-corrected chi connectivity index (χ0v) is 17.8. The number of aromatic nitrogens is 1. The average Bonchev–Trinajstić information content (AvgIpc) is 3.14. The van der Waals surface area contributed by atoms with E-state index in [1.807, 2.05) is 35.2 Å². The van der Waals surface area contributed by atoms with Gasteiger partial charge in [-0.1, -0.05) is 48.9 Å². The van der Waals surface area contributed by atoms with Crippen LogP contribution in [0.3, 0.4) is 0 Å². The molecule has 2 heterocycles. The van der Waals surface area contributed by atoms with Crippen molar-refractivity contribution in [3.63, 3.8) is 0 Å². The quantitative estimate of drug-likeness (QED) is 0.570. The van der Waals surface area contributed by atoms with Gasteiger partial charge in [-0.2, -0.15) is 4.98 Å². The second-order valence-corrected chi connectivity index (χ2v) is 9.81. The van der Waals surface area contributed by atoms with Gasteiger partial charge in [-0.05, 0) is 48.6 Å². The topological polar surface area (TPSA) is 63.4 Å². The monoisotopic (exact) mass is 430 g/mol. The molecule has 152 valence electrons. The van der Waals surface area contributed by atoms with Crippen LogP contribution in [0.2, 0.25) is 5.02 Å². The molecule has 5 nitrogen and oxygen atoms in total. The van der Waals surface area contributed by atoms with Gasteiger partial charge in [0.2, 0.25) is 26.6 Å². The summed E-state index contributed by atoms with van der Waals surface area (Å²) in [5.74, 6) is 1.37. The molecule has 3 aromatic rings. The molecular formula is C22H23ClN2O3S. The molecule has 0 unspecified atom stereocenters. The summed E-state index contributed by atoms with van der Waals surface area (Å²) >= 11 is 5.93. The molecule has 29 heavy (non-hydrogen) atoms. The van der Waals surface area contributed by atoms with E-state index >= 15 is 0 Å². The second kappa shape index (κ2) is 8.20. The van der Waals surface area contributed by atoms with Crippen molar-refractivity contribution in [1.82, 2.24) is 4.98 Å². The lowest BCUT2D eigenvalue weighted by molar-refractivity contribution is 0.408. The Morgan fingerprint density at radius 3 is 2.38 bits per heavy atom. The number of hydrogen-bond acceptors (Lipinski definition) is 5. The number of nitrogens with zero attached hydrogens (tertiary/aromatic N) is 2. The largest absolute Gasteiger partial charge is 0.423 e. The second-order valence-electron chi connectivity index (χ2n) is 7.51. The van der Waals surface area contributed by atoms with E-state index in [9.17, 15) is 8.42 Å². The van der Waals surface area contributed by atoms with Crippen LogP contribution in [0.5, 0.6) is 0 Å². The maximum atomic E-state index is 13.3. The van der Waals surface area contributed by atoms with Gasteiger partial charge >= 0.3 is 0 Å². The summed E-state index contributed by atoms with van der Waals surface area (Å²) in [5, 5.41) is 0.472. The van der Waals surface area contributed by atoms with Crippen LogP contribution in [0.4, 0.5) is 5.88 Å². The lowest BCUT2D eigenvalue weighted by Crippen LogP contribution is -2.33. The number of oxazole rings is 1. The van der Waals surface area contributed by atoms with Gasteiger partial charge in [0.05, 0.1) is 4.90 Å². The summed E-state index contributed by atoms with van der Waals surface area (Å²) in [6.07, 6.45) is 2.43. The molecular weight excluding hydrogens is 408 g/mol. The Labute approximate surface area is 176 Å². The maximum Gasteiger partial charge on any atom is 0.236 e. The van der Waals surface area contributed by atoms with Crippen LogP contribution in [-0.4, -0.2) is 26.5 Å². The Bertz CT molecular complexity index is 1070. The number of hydrogen-bond donors (Lipinski definition) is 0. The minimum absolute atomic E-state index is 0.0136. The molecule has 0 atom stereocenters. The zero-order chi connectivity index (χ0) is 20.4. The number of rotatable bonds is 5. The Hall–Kier alpha value is -2.31. The Morgan fingerprint density at radius 2 is 1.72 bits per heavy atom. The molecule has 7 heteroatoms. The van der Waals surface area contributed by atoms with E-state index in [4.69, 9.17) is 16.0 Å². The average molecular weight is 431 g/mol. The smallest absolute Gasteiger partial charge is 0.236 e. The number of anilines is 1. The molecule has 4 rings (SSSR count). The summed E-state index contributed by atoms with van der Waals surface area (Å²) in [4.78, 5) is 6.61. The third-order valence-corrected chi connectivity index (χ3v) is 7.19. The van der Waals surface area contributed by atoms with Crippen molar-refractivity contribution in [1.29, 1.82) is 0 Å². The molecule has 0 amide bonds. The van der Waals surface area contributed by atoms with Crippen LogP contribution in [0.25, 0.3) is 0 Å². The predicted molar refractivity (Wildman–Crippen MR) is 113 cm³/mol. The highest BCUT2D eigenvalue weighted by molar-refractivity contribution is 7.91. The zero-order valence-electron chi connectivity index (χ0n) is 16.2. The molecule has 0 saturated carbocycles. The van der Waals surface area contributed by atoms with Crippen LogP contribution in [0, 0.1) is 5.92 Å². The normalized spacial score (nSPS) is 15.6. The van der Waals surface area contributed by atoms with Crippen molar-refractivity contribution in [3.05, 3.63) is 71.1 Å². The molecule has 0 bridgehead atoms. The first-order chi connectivity index (χ1) is 13.9. The standard InChI is InChI=1S/C22H23ClN2O3S/c1-16-11-13-25(14-12-16)22-21(29(26,27)19-9-7-18(23)8-10-19)24-20(28-22)15-17-5-3-2-4-6-17/h2-10,16H,11-15H2,1H3. The van der Waals surface area contributed by atoms with E-state index < -0.39 is 9.84 Å². The number of benzene rings is 2. The highest BCUT2D eigenvalue weighted by atomic mass is 35.5. The van der Waals surface area contributed by atoms with Crippen molar-refractivity contribution in [2.75, 3.05) is 18.0 Å². The lowest BCUT2D eigenvalue weighted by Gasteiger charge is -2.30. The van der Waals surface area contributed by atoms with Crippen molar-refractivity contribution in [2.45, 2.75) is 36.1 Å². The van der Waals surface area contributed by atoms with Crippen LogP contribution in [-0.2, 0) is 16.3 Å². The van der Waals surface area contributed by atoms with Crippen LogP contribution < -0.4 is 4.90 Å². The fraction of sp³-hybridized carbons (Fsp3) is 0.318. The van der Waals surface area contributed by atoms with Gasteiger partial charge in [-0.25, -0.2) is 8.42 Å². The first kappa shape index (κ1) is 20.0. The first-order valence-electron chi connectivity index (χ1n) is 9.73. The SMILES string of the molecule is CC1CCN(c2oc(Cc3ccccc3)nc2S(=O)(=O)c2ccc(Cl)cc2)CC1. The summed E-state index contributed by atoms with van der Waals surface area (Å²) in [6.45, 7) is 3.72. The van der Waals surface area contributed by atoms with Crippen molar-refractivity contribution >= 4 is 27.3 Å². The highest BCUT2D eigenvalue weighted by Gasteiger charge is 2.32. The molecule has 0 radical (unpaired) electrons. The number of piperidine rings is 1. The molecule has 0 spiro atoms. The summed E-state index contributed by atoms with van der Waals surface area (Å²) in [6, 6.07) is 15.9. The lowest BCUT2D eigenvalue weighted by atomic mass is 9.99. The third-order valence-electron chi connectivity index (χ3n) is 5.27. The minimum atomic E-state index is -3.83. The fourth-order valence-electron chi connectivity index (χ4n) is 3.50. The Balaban J connectivity index is 1.75. The van der Waals surface area contributed by atoms with E-state index in [0.717, 1.165) is 31.5 Å². The molecule has 1 saturated heterocycles. The van der Waals surface area contributed by atoms with Crippen molar-refractivity contribution in [2.24, 2.45) is 5.92 Å². The highest BCUT2D eigenvalue weighted by Crippen LogP contribution is 2.34. The van der Waals surface area contributed by atoms with Crippen LogP contribution in [0.15, 0.2) is 68.9 Å². The Morgan fingerprint density at radius 1 is 1.07 bits per heavy atom. The van der Waals surface area contributed by atoms with Crippen LogP contribution >= 0.6 is 11.6 Å². The van der Waals surface area contributed by atoms with Gasteiger partial charge in [-0.15, -0.1) is 0 Å². The van der Waals surface area contributed by atoms with E-state index in [-0.39, 0.29) is 9.92 Å². The molecule has 1 fully saturated rings. The number of sulfone groups is 1. The third kappa shape index (κ3) is 4.33. The summed E-state index contributed by atoms with van der Waals surface area (Å²) < 4.78 is 32.7. The first-order valence-corrected chi connectivity index (χ1v) is 11.6. The summed E-state index contributed by atoms with van der Waals surface area (Å²) in [7, 11) is -3.83. The van der Waals surface area contributed by atoms with Gasteiger partial charge in [0.15, 0.2) is 0 Å². The van der Waals surface area contributed by atoms with Gasteiger partial charge in [0.1, 0.15) is 0 Å². The molecule has 2 aromatic carbocycles. The molecule has 0 N–H and O–H groups in total. The van der Waals surface area contributed by atoms with E-state index in [2.05, 4.69) is 11.9 Å². The van der Waals surface area contributed by atoms with E-state index in [1.165, 1.54) is 12.1 Å². The van der Waals surface area contributed by atoms with Gasteiger partial charge in [-0.3, -0.25) is 0 Å². The molecule has 1 aliphatic heterocycles. The van der Waals surface area contributed by atoms with E-state index in [1.54, 1.807) is 12.1 Å². The number of halogens is 1. The minimum Gasteiger partial charge on any atom is -0.423 e. The molecule has 0 aliphatic carbocycles. The predicted octanol–water partition coefficient (Wildman–Crippen LogP) is 4.99. The summed E-state index contributed by atoms with van der Waals surface area (Å²) in [5.41, 5.74) is 1.02. The van der Waals surface area contributed by atoms with E-state index in [0.29, 0.717) is 29.1 Å². The van der Waals surface area contributed by atoms with Crippen LogP contribution in [0.1, 0.15) is 31.2 Å². The van der Waals surface area contributed by atoms with Gasteiger partial charge < -0.3 is 9.32 Å².